The van der Waals surface area contributed by atoms with E-state index in [0.717, 1.165) is 33.9 Å². The minimum atomic E-state index is -1.32. The Kier molecular flexibility index (Phi) is 9.35. The average molecular weight is 487 g/mol. The van der Waals surface area contributed by atoms with E-state index in [-0.39, 0.29) is 18.6 Å². The van der Waals surface area contributed by atoms with E-state index in [1.807, 2.05) is 51.5 Å². The topological polar surface area (TPSA) is 89.5 Å². The van der Waals surface area contributed by atoms with Crippen LogP contribution in [0.3, 0.4) is 0 Å². The van der Waals surface area contributed by atoms with Gasteiger partial charge in [-0.2, -0.15) is 0 Å². The van der Waals surface area contributed by atoms with Gasteiger partial charge in [0.15, 0.2) is 4.90 Å². The first-order chi connectivity index (χ1) is 16.3. The van der Waals surface area contributed by atoms with Gasteiger partial charge in [-0.1, -0.05) is 24.3 Å². The molecule has 3 rings (SSSR count). The second-order valence-corrected chi connectivity index (χ2v) is 10.0. The van der Waals surface area contributed by atoms with Crippen LogP contribution < -0.4 is 10.1 Å². The zero-order chi connectivity index (χ0) is 24.7. The summed E-state index contributed by atoms with van der Waals surface area (Å²) < 4.78 is 25.4. The van der Waals surface area contributed by atoms with Crippen molar-refractivity contribution in [3.05, 3.63) is 58.7 Å². The molecule has 0 saturated carbocycles. The molecular formula is C25H34N4O4S. The number of benzene rings is 2. The van der Waals surface area contributed by atoms with Crippen LogP contribution in [-0.4, -0.2) is 73.5 Å². The monoisotopic (exact) mass is 486 g/mol. The lowest BCUT2D eigenvalue weighted by Gasteiger charge is -2.22. The van der Waals surface area contributed by atoms with Crippen LogP contribution in [0.15, 0.2) is 46.3 Å². The van der Waals surface area contributed by atoms with Gasteiger partial charge < -0.3 is 24.2 Å². The lowest BCUT2D eigenvalue weighted by molar-refractivity contribution is -0.125. The van der Waals surface area contributed by atoms with Crippen molar-refractivity contribution in [2.24, 2.45) is 4.99 Å². The van der Waals surface area contributed by atoms with Crippen molar-refractivity contribution in [3.63, 3.8) is 0 Å². The second kappa shape index (κ2) is 12.2. The van der Waals surface area contributed by atoms with E-state index in [1.165, 1.54) is 5.56 Å². The molecule has 2 aromatic rings. The Morgan fingerprint density at radius 2 is 1.94 bits per heavy atom. The number of carbonyl (C=O) groups excluding carboxylic acids is 1. The van der Waals surface area contributed by atoms with Gasteiger partial charge in [0, 0.05) is 38.3 Å². The summed E-state index contributed by atoms with van der Waals surface area (Å²) in [7, 11) is 5.41. The van der Waals surface area contributed by atoms with Crippen molar-refractivity contribution in [2.45, 2.75) is 31.3 Å². The quantitative estimate of drug-likeness (QED) is 0.388. The van der Waals surface area contributed by atoms with Gasteiger partial charge in [0.1, 0.15) is 12.4 Å². The highest BCUT2D eigenvalue weighted by Gasteiger charge is 2.24. The van der Waals surface area contributed by atoms with Gasteiger partial charge in [-0.3, -0.25) is 9.79 Å². The average Bonchev–Trinajstić information content (AvgIpc) is 3.26. The zero-order valence-corrected chi connectivity index (χ0v) is 21.4. The van der Waals surface area contributed by atoms with E-state index in [4.69, 9.17) is 9.47 Å². The number of methoxy groups -OCH3 is 1. The van der Waals surface area contributed by atoms with Gasteiger partial charge in [0.2, 0.25) is 5.91 Å². The van der Waals surface area contributed by atoms with Crippen LogP contribution in [0.2, 0.25) is 0 Å². The van der Waals surface area contributed by atoms with Crippen molar-refractivity contribution in [3.8, 4) is 5.75 Å². The number of aryl methyl sites for hydroxylation is 2. The van der Waals surface area contributed by atoms with Gasteiger partial charge in [-0.15, -0.1) is 4.31 Å². The molecule has 1 amide bonds. The molecule has 0 spiro atoms. The van der Waals surface area contributed by atoms with Crippen molar-refractivity contribution in [1.29, 1.82) is 0 Å². The van der Waals surface area contributed by atoms with E-state index < -0.39 is 11.4 Å². The van der Waals surface area contributed by atoms with Crippen LogP contribution in [0.4, 0.5) is 0 Å². The minimum Gasteiger partial charge on any atom is -0.593 e. The van der Waals surface area contributed by atoms with Crippen LogP contribution in [0.1, 0.15) is 28.3 Å². The SMILES string of the molecule is COc1cc(C)c([S+]([O-])N(C)CCOCC(=O)NCc2ccc(C3CN(C)C=N3)cc2)c(C)c1. The third-order valence-corrected chi connectivity index (χ3v) is 7.41. The molecule has 0 radical (unpaired) electrons. The molecule has 1 aliphatic rings. The zero-order valence-electron chi connectivity index (χ0n) is 20.5. The lowest BCUT2D eigenvalue weighted by atomic mass is 10.1. The maximum absolute atomic E-state index is 12.9. The van der Waals surface area contributed by atoms with Gasteiger partial charge >= 0.3 is 0 Å². The molecule has 2 atom stereocenters. The third-order valence-electron chi connectivity index (χ3n) is 5.67. The molecule has 0 saturated heterocycles. The van der Waals surface area contributed by atoms with Crippen molar-refractivity contribution < 1.29 is 18.8 Å². The molecule has 2 aromatic carbocycles. The molecule has 1 N–H and O–H groups in total. The molecule has 34 heavy (non-hydrogen) atoms. The van der Waals surface area contributed by atoms with E-state index in [9.17, 15) is 9.35 Å². The number of hydrogen-bond donors (Lipinski definition) is 1. The fourth-order valence-corrected chi connectivity index (χ4v) is 4.98. The summed E-state index contributed by atoms with van der Waals surface area (Å²) in [5.74, 6) is 0.566. The maximum Gasteiger partial charge on any atom is 0.246 e. The molecule has 8 nitrogen and oxygen atoms in total. The number of ether oxygens (including phenoxy) is 2. The van der Waals surface area contributed by atoms with Crippen LogP contribution in [0, 0.1) is 13.8 Å². The number of hydrogen-bond acceptors (Lipinski definition) is 7. The Bertz CT molecular complexity index is 976. The van der Waals surface area contributed by atoms with Gasteiger partial charge in [-0.05, 0) is 37.1 Å². The Morgan fingerprint density at radius 3 is 2.53 bits per heavy atom. The molecular weight excluding hydrogens is 452 g/mol. The number of nitrogens with zero attached hydrogens (tertiary/aromatic N) is 3. The summed E-state index contributed by atoms with van der Waals surface area (Å²) in [5.41, 5.74) is 4.02. The smallest absolute Gasteiger partial charge is 0.246 e. The van der Waals surface area contributed by atoms with Crippen LogP contribution in [0.5, 0.6) is 5.75 Å². The molecule has 0 aromatic heterocycles. The van der Waals surface area contributed by atoms with E-state index >= 15 is 0 Å². The molecule has 0 fully saturated rings. The first kappa shape index (κ1) is 26.0. The first-order valence-corrected chi connectivity index (χ1v) is 12.3. The van der Waals surface area contributed by atoms with E-state index in [2.05, 4.69) is 27.3 Å². The summed E-state index contributed by atoms with van der Waals surface area (Å²) in [6.07, 6.45) is 1.86. The van der Waals surface area contributed by atoms with Crippen LogP contribution >= 0.6 is 0 Å². The van der Waals surface area contributed by atoms with Crippen molar-refractivity contribution in [1.82, 2.24) is 14.5 Å². The summed E-state index contributed by atoms with van der Waals surface area (Å²) in [6, 6.07) is 12.1. The van der Waals surface area contributed by atoms with Gasteiger partial charge in [-0.25, -0.2) is 0 Å². The Hall–Kier alpha value is -2.59. The molecule has 1 heterocycles. The summed E-state index contributed by atoms with van der Waals surface area (Å²) >= 11 is -1.32. The highest BCUT2D eigenvalue weighted by Crippen LogP contribution is 2.27. The Morgan fingerprint density at radius 1 is 1.26 bits per heavy atom. The largest absolute Gasteiger partial charge is 0.593 e. The molecule has 2 unspecified atom stereocenters. The van der Waals surface area contributed by atoms with Gasteiger partial charge in [0.05, 0.1) is 44.0 Å². The molecule has 1 aliphatic heterocycles. The standard InChI is InChI=1S/C25H34N4O4S/c1-18-12-22(32-5)13-19(2)25(18)34(31)29(4)10-11-33-16-24(30)26-14-20-6-8-21(9-7-20)23-15-28(3)17-27-23/h6-9,12-13,17,23H,10-11,14-16H2,1-5H3,(H,26,30). The summed E-state index contributed by atoms with van der Waals surface area (Å²) in [4.78, 5) is 19.4. The predicted molar refractivity (Wildman–Crippen MR) is 134 cm³/mol. The van der Waals surface area contributed by atoms with Crippen molar-refractivity contribution >= 4 is 23.6 Å². The predicted octanol–water partition coefficient (Wildman–Crippen LogP) is 2.61. The molecule has 184 valence electrons. The Labute approximate surface area is 205 Å². The highest BCUT2D eigenvalue weighted by atomic mass is 32.2. The maximum atomic E-state index is 12.9. The fourth-order valence-electron chi connectivity index (χ4n) is 3.76. The van der Waals surface area contributed by atoms with Crippen LogP contribution in [-0.2, 0) is 27.4 Å². The lowest BCUT2D eigenvalue weighted by Crippen LogP contribution is -2.33. The number of aliphatic imine (C=N–C) groups is 1. The molecule has 9 heteroatoms. The third kappa shape index (κ3) is 6.96. The fraction of sp³-hybridized carbons (Fsp3) is 0.440. The molecule has 0 aliphatic carbocycles. The van der Waals surface area contributed by atoms with Crippen molar-refractivity contribution in [2.75, 3.05) is 47.5 Å². The first-order valence-electron chi connectivity index (χ1n) is 11.2. The van der Waals surface area contributed by atoms with Gasteiger partial charge in [0.25, 0.3) is 0 Å². The number of carbonyl (C=O) groups is 1. The van der Waals surface area contributed by atoms with E-state index in [0.29, 0.717) is 19.7 Å². The second-order valence-electron chi connectivity index (χ2n) is 8.48. The van der Waals surface area contributed by atoms with E-state index in [1.54, 1.807) is 18.5 Å². The summed E-state index contributed by atoms with van der Waals surface area (Å²) in [5, 5.41) is 2.87. The highest BCUT2D eigenvalue weighted by molar-refractivity contribution is 7.89. The Balaban J connectivity index is 1.37. The van der Waals surface area contributed by atoms with Crippen LogP contribution in [0.25, 0.3) is 0 Å². The number of rotatable bonds is 11. The number of nitrogens with one attached hydrogen (secondary N) is 1. The number of likely N-dealkylation sites (N-methyl/N-ethyl adjacent to an activating group) is 2. The summed E-state index contributed by atoms with van der Waals surface area (Å²) in [6.45, 7) is 5.87. The molecule has 0 bridgehead atoms. The number of amides is 1. The normalized spacial score (nSPS) is 16.2. The minimum absolute atomic E-state index is 0.0394.